The van der Waals surface area contributed by atoms with E-state index in [1.54, 1.807) is 0 Å². The van der Waals surface area contributed by atoms with Crippen LogP contribution in [-0.4, -0.2) is 5.91 Å². The van der Waals surface area contributed by atoms with Gasteiger partial charge >= 0.3 is 0 Å². The molecular weight excluding hydrogens is 188 g/mol. The van der Waals surface area contributed by atoms with Gasteiger partial charge in [0.25, 0.3) is 0 Å². The highest BCUT2D eigenvalue weighted by Gasteiger charge is 2.10. The molecule has 0 radical (unpaired) electrons. The number of benzene rings is 1. The van der Waals surface area contributed by atoms with E-state index in [-0.39, 0.29) is 5.91 Å². The third kappa shape index (κ3) is 2.49. The maximum atomic E-state index is 11.1. The van der Waals surface area contributed by atoms with E-state index in [1.165, 1.54) is 6.92 Å². The van der Waals surface area contributed by atoms with Crippen LogP contribution < -0.4 is 11.1 Å². The number of nitrogen functional groups attached to an aromatic ring is 1. The summed E-state index contributed by atoms with van der Waals surface area (Å²) in [7, 11) is 0. The minimum absolute atomic E-state index is 0.0509. The minimum atomic E-state index is -0.0509. The molecule has 3 N–H and O–H groups in total. The molecule has 82 valence electrons. The van der Waals surface area contributed by atoms with Crippen molar-refractivity contribution >= 4 is 17.3 Å². The summed E-state index contributed by atoms with van der Waals surface area (Å²) in [5, 5.41) is 2.87. The Morgan fingerprint density at radius 3 is 2.47 bits per heavy atom. The quantitative estimate of drug-likeness (QED) is 0.746. The molecule has 0 aromatic heterocycles. The average molecular weight is 206 g/mol. The Morgan fingerprint density at radius 1 is 1.33 bits per heavy atom. The summed E-state index contributed by atoms with van der Waals surface area (Å²) in [6, 6.07) is 3.88. The SMILES string of the molecule is CCc1ccc(N)c(CC)c1NC(C)=O. The molecule has 3 nitrogen and oxygen atoms in total. The first-order chi connectivity index (χ1) is 7.10. The van der Waals surface area contributed by atoms with Gasteiger partial charge in [0, 0.05) is 18.3 Å². The predicted molar refractivity (Wildman–Crippen MR) is 63.9 cm³/mol. The zero-order valence-corrected chi connectivity index (χ0v) is 9.55. The lowest BCUT2D eigenvalue weighted by atomic mass is 10.0. The molecule has 15 heavy (non-hydrogen) atoms. The standard InChI is InChI=1S/C12H18N2O/c1-4-9-6-7-11(13)10(5-2)12(9)14-8(3)15/h6-7H,4-5,13H2,1-3H3,(H,14,15). The normalized spacial score (nSPS) is 10.1. The molecule has 0 aliphatic rings. The number of carbonyl (C=O) groups is 1. The van der Waals surface area contributed by atoms with Gasteiger partial charge < -0.3 is 11.1 Å². The fourth-order valence-electron chi connectivity index (χ4n) is 1.72. The summed E-state index contributed by atoms with van der Waals surface area (Å²) in [5.41, 5.74) is 9.69. The predicted octanol–water partition coefficient (Wildman–Crippen LogP) is 2.35. The molecule has 1 amide bonds. The average Bonchev–Trinajstić information content (AvgIpc) is 2.18. The van der Waals surface area contributed by atoms with E-state index in [2.05, 4.69) is 12.2 Å². The summed E-state index contributed by atoms with van der Waals surface area (Å²) in [6.07, 6.45) is 1.72. The topological polar surface area (TPSA) is 55.1 Å². The molecule has 0 bridgehead atoms. The lowest BCUT2D eigenvalue weighted by molar-refractivity contribution is -0.114. The van der Waals surface area contributed by atoms with E-state index in [4.69, 9.17) is 5.73 Å². The van der Waals surface area contributed by atoms with Crippen molar-refractivity contribution in [2.24, 2.45) is 0 Å². The van der Waals surface area contributed by atoms with Crippen LogP contribution in [0.5, 0.6) is 0 Å². The minimum Gasteiger partial charge on any atom is -0.398 e. The maximum Gasteiger partial charge on any atom is 0.221 e. The van der Waals surface area contributed by atoms with Gasteiger partial charge in [-0.15, -0.1) is 0 Å². The lowest BCUT2D eigenvalue weighted by Gasteiger charge is -2.15. The molecule has 0 aliphatic carbocycles. The first kappa shape index (κ1) is 11.6. The van der Waals surface area contributed by atoms with Crippen molar-refractivity contribution in [3.8, 4) is 0 Å². The summed E-state index contributed by atoms with van der Waals surface area (Å²) < 4.78 is 0. The largest absolute Gasteiger partial charge is 0.398 e. The van der Waals surface area contributed by atoms with Crippen LogP contribution in [-0.2, 0) is 17.6 Å². The van der Waals surface area contributed by atoms with Crippen LogP contribution in [0.2, 0.25) is 0 Å². The Morgan fingerprint density at radius 2 is 2.00 bits per heavy atom. The van der Waals surface area contributed by atoms with Crippen molar-refractivity contribution in [2.45, 2.75) is 33.6 Å². The number of anilines is 2. The van der Waals surface area contributed by atoms with Gasteiger partial charge in [0.05, 0.1) is 0 Å². The van der Waals surface area contributed by atoms with Crippen LogP contribution in [0.25, 0.3) is 0 Å². The number of aryl methyl sites for hydroxylation is 1. The van der Waals surface area contributed by atoms with Gasteiger partial charge in [-0.1, -0.05) is 19.9 Å². The number of rotatable bonds is 3. The van der Waals surface area contributed by atoms with E-state index < -0.39 is 0 Å². The van der Waals surface area contributed by atoms with E-state index in [9.17, 15) is 4.79 Å². The zero-order valence-electron chi connectivity index (χ0n) is 9.55. The molecule has 3 heteroatoms. The molecule has 0 aliphatic heterocycles. The van der Waals surface area contributed by atoms with Crippen molar-refractivity contribution in [1.29, 1.82) is 0 Å². The molecule has 0 fully saturated rings. The fourth-order valence-corrected chi connectivity index (χ4v) is 1.72. The van der Waals surface area contributed by atoms with Crippen molar-refractivity contribution in [3.05, 3.63) is 23.3 Å². The highest BCUT2D eigenvalue weighted by atomic mass is 16.1. The summed E-state index contributed by atoms with van der Waals surface area (Å²) >= 11 is 0. The maximum absolute atomic E-state index is 11.1. The zero-order chi connectivity index (χ0) is 11.4. The van der Waals surface area contributed by atoms with E-state index in [0.717, 1.165) is 35.3 Å². The monoisotopic (exact) mass is 206 g/mol. The number of nitrogens with one attached hydrogen (secondary N) is 1. The van der Waals surface area contributed by atoms with Gasteiger partial charge in [-0.2, -0.15) is 0 Å². The van der Waals surface area contributed by atoms with Crippen molar-refractivity contribution in [2.75, 3.05) is 11.1 Å². The van der Waals surface area contributed by atoms with Crippen molar-refractivity contribution in [1.82, 2.24) is 0 Å². The van der Waals surface area contributed by atoms with Crippen LogP contribution in [0, 0.1) is 0 Å². The van der Waals surface area contributed by atoms with E-state index in [0.29, 0.717) is 0 Å². The molecule has 1 aromatic carbocycles. The Bertz CT molecular complexity index is 372. The van der Waals surface area contributed by atoms with Crippen LogP contribution >= 0.6 is 0 Å². The molecule has 0 unspecified atom stereocenters. The highest BCUT2D eigenvalue weighted by Crippen LogP contribution is 2.27. The molecule has 0 saturated carbocycles. The van der Waals surface area contributed by atoms with Gasteiger partial charge in [-0.05, 0) is 30.0 Å². The third-order valence-electron chi connectivity index (χ3n) is 2.47. The molecule has 0 heterocycles. The summed E-state index contributed by atoms with van der Waals surface area (Å²) in [4.78, 5) is 11.1. The second-order valence-corrected chi connectivity index (χ2v) is 3.56. The van der Waals surface area contributed by atoms with E-state index >= 15 is 0 Å². The first-order valence-electron chi connectivity index (χ1n) is 5.27. The van der Waals surface area contributed by atoms with Crippen LogP contribution in [0.3, 0.4) is 0 Å². The second-order valence-electron chi connectivity index (χ2n) is 3.56. The lowest BCUT2D eigenvalue weighted by Crippen LogP contribution is -2.11. The van der Waals surface area contributed by atoms with Gasteiger partial charge in [-0.3, -0.25) is 4.79 Å². The van der Waals surface area contributed by atoms with Crippen LogP contribution in [0.15, 0.2) is 12.1 Å². The Balaban J connectivity index is 3.26. The molecular formula is C12H18N2O. The number of nitrogens with two attached hydrogens (primary N) is 1. The van der Waals surface area contributed by atoms with Gasteiger partial charge in [0.2, 0.25) is 5.91 Å². The van der Waals surface area contributed by atoms with Gasteiger partial charge in [-0.25, -0.2) is 0 Å². The fraction of sp³-hybridized carbons (Fsp3) is 0.417. The summed E-state index contributed by atoms with van der Waals surface area (Å²) in [5.74, 6) is -0.0509. The molecule has 1 rings (SSSR count). The van der Waals surface area contributed by atoms with Crippen molar-refractivity contribution in [3.63, 3.8) is 0 Å². The van der Waals surface area contributed by atoms with Crippen LogP contribution in [0.4, 0.5) is 11.4 Å². The molecule has 1 aromatic rings. The number of hydrogen-bond donors (Lipinski definition) is 2. The van der Waals surface area contributed by atoms with Gasteiger partial charge in [0.1, 0.15) is 0 Å². The van der Waals surface area contributed by atoms with Gasteiger partial charge in [0.15, 0.2) is 0 Å². The smallest absolute Gasteiger partial charge is 0.221 e. The highest BCUT2D eigenvalue weighted by molar-refractivity contribution is 5.91. The van der Waals surface area contributed by atoms with E-state index in [1.807, 2.05) is 19.1 Å². The Labute approximate surface area is 90.7 Å². The number of hydrogen-bond acceptors (Lipinski definition) is 2. The number of amides is 1. The van der Waals surface area contributed by atoms with Crippen LogP contribution in [0.1, 0.15) is 31.9 Å². The van der Waals surface area contributed by atoms with Crippen molar-refractivity contribution < 1.29 is 4.79 Å². The molecule has 0 spiro atoms. The number of carbonyl (C=O) groups excluding carboxylic acids is 1. The Kier molecular flexibility index (Phi) is 3.72. The third-order valence-corrected chi connectivity index (χ3v) is 2.47. The Hall–Kier alpha value is -1.51. The molecule has 0 atom stereocenters. The summed E-state index contributed by atoms with van der Waals surface area (Å²) in [6.45, 7) is 5.62. The molecule has 0 saturated heterocycles. The first-order valence-corrected chi connectivity index (χ1v) is 5.27. The second kappa shape index (κ2) is 4.82.